The van der Waals surface area contributed by atoms with Crippen LogP contribution in [0.3, 0.4) is 0 Å². The minimum Gasteiger partial charge on any atom is -0.486 e. The molecule has 2 aromatic carbocycles. The second-order valence-corrected chi connectivity index (χ2v) is 13.8. The second kappa shape index (κ2) is 12.8. The Morgan fingerprint density at radius 2 is 1.76 bits per heavy atom. The zero-order valence-electron chi connectivity index (χ0n) is 26.2. The third-order valence-corrected chi connectivity index (χ3v) is 8.39. The van der Waals surface area contributed by atoms with Gasteiger partial charge in [0.05, 0.1) is 15.4 Å². The van der Waals surface area contributed by atoms with Crippen LogP contribution in [0.25, 0.3) is 11.1 Å². The van der Waals surface area contributed by atoms with Crippen molar-refractivity contribution in [2.75, 3.05) is 24.8 Å². The number of carbonyl (C=O) groups excluding carboxylic acids is 2. The van der Waals surface area contributed by atoms with Crippen LogP contribution >= 0.6 is 0 Å². The summed E-state index contributed by atoms with van der Waals surface area (Å²) in [6.45, 7) is 9.22. The van der Waals surface area contributed by atoms with E-state index >= 15 is 0 Å². The number of fused-ring (bicyclic) bond motifs is 1. The molecule has 2 aromatic heterocycles. The van der Waals surface area contributed by atoms with Crippen molar-refractivity contribution in [1.82, 2.24) is 9.97 Å². The predicted molar refractivity (Wildman–Crippen MR) is 170 cm³/mol. The van der Waals surface area contributed by atoms with Crippen LogP contribution in [0.4, 0.5) is 14.9 Å². The maximum absolute atomic E-state index is 14.0. The lowest BCUT2D eigenvalue weighted by Gasteiger charge is -2.20. The van der Waals surface area contributed by atoms with E-state index in [0.29, 0.717) is 35.8 Å². The van der Waals surface area contributed by atoms with E-state index in [0.717, 1.165) is 11.6 Å². The van der Waals surface area contributed by atoms with E-state index < -0.39 is 33.3 Å². The minimum absolute atomic E-state index is 0.0387. The van der Waals surface area contributed by atoms with Crippen molar-refractivity contribution in [2.45, 2.75) is 45.1 Å². The smallest absolute Gasteiger partial charge is 0.442 e. The Kier molecular flexibility index (Phi) is 8.97. The molecule has 0 saturated heterocycles. The average Bonchev–Trinajstić information content (AvgIpc) is 2.97. The molecule has 1 aliphatic rings. The molecular formula is C33H33FN4O7S. The predicted octanol–water partition coefficient (Wildman–Crippen LogP) is 7.11. The molecule has 0 saturated carbocycles. The molecule has 1 aliphatic heterocycles. The Balaban J connectivity index is 1.53. The van der Waals surface area contributed by atoms with Gasteiger partial charge in [-0.3, -0.25) is 4.79 Å². The Morgan fingerprint density at radius 3 is 2.48 bits per heavy atom. The van der Waals surface area contributed by atoms with Gasteiger partial charge >= 0.3 is 6.09 Å². The lowest BCUT2D eigenvalue weighted by atomic mass is 9.98. The number of aromatic nitrogens is 2. The lowest BCUT2D eigenvalue weighted by molar-refractivity contribution is 0.0607. The number of pyridine rings is 2. The normalized spacial score (nSPS) is 13.7. The summed E-state index contributed by atoms with van der Waals surface area (Å²) in [7, 11) is -3.22. The van der Waals surface area contributed by atoms with E-state index in [9.17, 15) is 18.2 Å². The van der Waals surface area contributed by atoms with Crippen LogP contribution in [-0.4, -0.2) is 51.2 Å². The van der Waals surface area contributed by atoms with Crippen molar-refractivity contribution < 1.29 is 37.1 Å². The fourth-order valence-corrected chi connectivity index (χ4v) is 5.74. The number of benzene rings is 2. The number of hydrogen-bond acceptors (Lipinski definition) is 9. The number of amides is 2. The number of anilines is 1. The first-order valence-corrected chi connectivity index (χ1v) is 16.2. The van der Waals surface area contributed by atoms with Gasteiger partial charge in [0.2, 0.25) is 11.8 Å². The summed E-state index contributed by atoms with van der Waals surface area (Å²) < 4.78 is 53.5. The molecule has 240 valence electrons. The van der Waals surface area contributed by atoms with Crippen molar-refractivity contribution in [1.29, 1.82) is 0 Å². The summed E-state index contributed by atoms with van der Waals surface area (Å²) in [6.07, 6.45) is 1.93. The largest absolute Gasteiger partial charge is 0.486 e. The van der Waals surface area contributed by atoms with Gasteiger partial charge < -0.3 is 24.3 Å². The molecule has 0 unspecified atom stereocenters. The van der Waals surface area contributed by atoms with Crippen molar-refractivity contribution in [3.8, 4) is 34.3 Å². The molecule has 0 fully saturated rings. The highest BCUT2D eigenvalue weighted by atomic mass is 32.2. The highest BCUT2D eigenvalue weighted by Gasteiger charge is 2.24. The summed E-state index contributed by atoms with van der Waals surface area (Å²) >= 11 is 0. The second-order valence-electron chi connectivity index (χ2n) is 11.5. The molecule has 3 heterocycles. The maximum Gasteiger partial charge on any atom is 0.442 e. The molecule has 1 atom stereocenters. The van der Waals surface area contributed by atoms with Gasteiger partial charge in [-0.05, 0) is 88.2 Å². The number of rotatable bonds is 6. The van der Waals surface area contributed by atoms with Crippen LogP contribution in [0.15, 0.2) is 70.1 Å². The summed E-state index contributed by atoms with van der Waals surface area (Å²) in [4.78, 5) is 34.8. The van der Waals surface area contributed by atoms with E-state index in [2.05, 4.69) is 19.6 Å². The zero-order valence-corrected chi connectivity index (χ0v) is 27.0. The molecular weight excluding hydrogens is 615 g/mol. The Labute approximate surface area is 266 Å². The first-order chi connectivity index (χ1) is 21.7. The molecule has 13 heteroatoms. The fourth-order valence-electron chi connectivity index (χ4n) is 4.63. The maximum atomic E-state index is 14.0. The molecule has 1 N–H and O–H groups in total. The van der Waals surface area contributed by atoms with E-state index in [4.69, 9.17) is 18.9 Å². The lowest BCUT2D eigenvalue weighted by Crippen LogP contribution is -2.22. The van der Waals surface area contributed by atoms with Gasteiger partial charge in [0, 0.05) is 28.6 Å². The van der Waals surface area contributed by atoms with Gasteiger partial charge in [-0.25, -0.2) is 19.0 Å². The fraction of sp³-hybridized carbons (Fsp3) is 0.273. The summed E-state index contributed by atoms with van der Waals surface area (Å²) in [5.74, 6) is 0.0968. The zero-order chi connectivity index (χ0) is 33.2. The Morgan fingerprint density at radius 1 is 1.02 bits per heavy atom. The molecule has 0 spiro atoms. The van der Waals surface area contributed by atoms with Gasteiger partial charge in [-0.2, -0.15) is 4.39 Å². The topological polar surface area (TPSA) is 138 Å². The quantitative estimate of drug-likeness (QED) is 0.217. The Bertz CT molecular complexity index is 1970. The summed E-state index contributed by atoms with van der Waals surface area (Å²) in [5, 5.41) is 2.82. The van der Waals surface area contributed by atoms with Crippen LogP contribution in [0.2, 0.25) is 0 Å². The molecule has 4 aromatic rings. The summed E-state index contributed by atoms with van der Waals surface area (Å²) in [6, 6.07) is 14.2. The summed E-state index contributed by atoms with van der Waals surface area (Å²) in [5.41, 5.74) is 1.72. The third-order valence-electron chi connectivity index (χ3n) is 6.77. The number of nitrogens with one attached hydrogen (secondary N) is 1. The van der Waals surface area contributed by atoms with E-state index in [1.807, 2.05) is 12.1 Å². The SMILES string of the molecule is Cc1nc(F)ccc1Oc1ncc(-c2ccc3c(c2)OCCO3)c(C)c1C(=O)Nc1cccc([S@@](C)(=O)=NC(=O)OC(C)(C)C)c1. The number of carbonyl (C=O) groups is 2. The molecule has 11 nitrogen and oxygen atoms in total. The van der Waals surface area contributed by atoms with Crippen molar-refractivity contribution in [3.05, 3.63) is 83.6 Å². The number of halogens is 1. The molecule has 0 bridgehead atoms. The van der Waals surface area contributed by atoms with E-state index in [1.54, 1.807) is 65.1 Å². The first kappa shape index (κ1) is 32.4. The van der Waals surface area contributed by atoms with Crippen LogP contribution in [0.1, 0.15) is 42.4 Å². The number of hydrogen-bond donors (Lipinski definition) is 1. The number of nitrogens with zero attached hydrogens (tertiary/aromatic N) is 3. The van der Waals surface area contributed by atoms with E-state index in [-0.39, 0.29) is 33.5 Å². The molecule has 0 radical (unpaired) electrons. The van der Waals surface area contributed by atoms with Crippen molar-refractivity contribution >= 4 is 27.4 Å². The monoisotopic (exact) mass is 648 g/mol. The van der Waals surface area contributed by atoms with Crippen molar-refractivity contribution in [2.24, 2.45) is 4.36 Å². The van der Waals surface area contributed by atoms with Gasteiger partial charge in [-0.1, -0.05) is 12.1 Å². The number of aryl methyl sites for hydroxylation is 1. The Hall–Kier alpha value is -5.04. The van der Waals surface area contributed by atoms with E-state index in [1.165, 1.54) is 18.4 Å². The van der Waals surface area contributed by atoms with Gasteiger partial charge in [-0.15, -0.1) is 4.36 Å². The average molecular weight is 649 g/mol. The van der Waals surface area contributed by atoms with Gasteiger partial charge in [0.15, 0.2) is 17.2 Å². The third kappa shape index (κ3) is 7.42. The molecule has 2 amide bonds. The first-order valence-electron chi connectivity index (χ1n) is 14.3. The molecule has 46 heavy (non-hydrogen) atoms. The highest BCUT2D eigenvalue weighted by Crippen LogP contribution is 2.38. The van der Waals surface area contributed by atoms with Crippen molar-refractivity contribution in [3.63, 3.8) is 0 Å². The van der Waals surface area contributed by atoms with Gasteiger partial charge in [0.25, 0.3) is 5.91 Å². The van der Waals surface area contributed by atoms with Crippen LogP contribution in [0, 0.1) is 19.8 Å². The molecule has 0 aliphatic carbocycles. The van der Waals surface area contributed by atoms with Crippen LogP contribution in [0.5, 0.6) is 23.1 Å². The van der Waals surface area contributed by atoms with Crippen LogP contribution in [-0.2, 0) is 14.5 Å². The number of ether oxygens (including phenoxy) is 4. The molecule has 5 rings (SSSR count). The minimum atomic E-state index is -3.22. The van der Waals surface area contributed by atoms with Crippen LogP contribution < -0.4 is 19.5 Å². The van der Waals surface area contributed by atoms with Gasteiger partial charge in [0.1, 0.15) is 24.4 Å². The standard InChI is InChI=1S/C33H33FN4O7S/c1-19-24(21-10-11-26-27(16-21)43-15-14-42-26)18-35-31(44-25-12-13-28(34)36-20(25)2)29(19)30(39)37-22-8-7-9-23(17-22)46(6,41)38-32(40)45-33(3,4)5/h7-13,16-18H,14-15H2,1-6H3,(H,37,39)/t46-/m1/s1. The highest BCUT2D eigenvalue weighted by molar-refractivity contribution is 7.93.